The van der Waals surface area contributed by atoms with Crippen LogP contribution in [0.3, 0.4) is 0 Å². The molecule has 0 aromatic carbocycles. The number of amides is 1. The Labute approximate surface area is 168 Å². The highest BCUT2D eigenvalue weighted by molar-refractivity contribution is 5.94. The number of hydrazine groups is 1. The van der Waals surface area contributed by atoms with Crippen LogP contribution in [0.5, 0.6) is 0 Å². The highest BCUT2D eigenvalue weighted by atomic mass is 16.1. The van der Waals surface area contributed by atoms with Crippen molar-refractivity contribution < 1.29 is 4.79 Å². The zero-order valence-electron chi connectivity index (χ0n) is 17.3. The largest absolute Gasteiger partial charge is 0.371 e. The smallest absolute Gasteiger partial charge is 0.249 e. The maximum Gasteiger partial charge on any atom is 0.249 e. The average molecular weight is 387 g/mol. The normalized spacial score (nSPS) is 18.6. The van der Waals surface area contributed by atoms with E-state index in [1.165, 1.54) is 0 Å². The molecular weight excluding hydrogens is 352 g/mol. The molecule has 0 aromatic heterocycles. The number of hydrogen-bond acceptors (Lipinski definition) is 6. The summed E-state index contributed by atoms with van der Waals surface area (Å²) in [5.74, 6) is 0.962. The molecule has 28 heavy (non-hydrogen) atoms. The molecule has 0 aliphatic carbocycles. The van der Waals surface area contributed by atoms with Gasteiger partial charge in [0.25, 0.3) is 0 Å². The third-order valence-electron chi connectivity index (χ3n) is 4.57. The first-order chi connectivity index (χ1) is 13.6. The number of nitrogens with one attached hydrogen (secondary N) is 5. The zero-order chi connectivity index (χ0) is 20.4. The molecule has 0 saturated heterocycles. The lowest BCUT2D eigenvalue weighted by molar-refractivity contribution is -0.117. The molecule has 5 N–H and O–H groups in total. The zero-order valence-corrected chi connectivity index (χ0v) is 17.3. The Morgan fingerprint density at radius 1 is 1.39 bits per heavy atom. The van der Waals surface area contributed by atoms with Crippen molar-refractivity contribution >= 4 is 5.91 Å². The van der Waals surface area contributed by atoms with E-state index in [4.69, 9.17) is 0 Å². The van der Waals surface area contributed by atoms with Crippen LogP contribution in [0.25, 0.3) is 0 Å². The molecule has 1 unspecified atom stereocenters. The van der Waals surface area contributed by atoms with Gasteiger partial charge in [-0.1, -0.05) is 32.9 Å². The molecule has 7 heteroatoms. The van der Waals surface area contributed by atoms with E-state index < -0.39 is 0 Å². The molecule has 0 aromatic rings. The monoisotopic (exact) mass is 386 g/mol. The van der Waals surface area contributed by atoms with E-state index in [9.17, 15) is 4.79 Å². The van der Waals surface area contributed by atoms with Gasteiger partial charge in [-0.25, -0.2) is 5.43 Å². The molecule has 0 bridgehead atoms. The molecule has 154 valence electrons. The molecule has 2 aliphatic heterocycles. The van der Waals surface area contributed by atoms with Crippen LogP contribution in [0, 0.1) is 0 Å². The van der Waals surface area contributed by atoms with Gasteiger partial charge in [0, 0.05) is 36.5 Å². The summed E-state index contributed by atoms with van der Waals surface area (Å²) in [5.41, 5.74) is 8.85. The molecule has 2 rings (SSSR count). The number of carbonyl (C=O) groups excluding carboxylic acids is 1. The van der Waals surface area contributed by atoms with E-state index in [1.807, 2.05) is 19.3 Å². The first-order valence-electron chi connectivity index (χ1n) is 10.1. The number of dihydropyridines is 2. The molecule has 0 fully saturated rings. The number of nitrogens with zero attached hydrogens (tertiary/aromatic N) is 1. The lowest BCUT2D eigenvalue weighted by Crippen LogP contribution is -2.47. The number of unbranched alkanes of at least 4 members (excludes halogenated alkanes) is 1. The van der Waals surface area contributed by atoms with Crippen LogP contribution >= 0.6 is 0 Å². The minimum absolute atomic E-state index is 0.00354. The Balaban J connectivity index is 2.26. The van der Waals surface area contributed by atoms with Crippen molar-refractivity contribution in [1.29, 1.82) is 0 Å². The van der Waals surface area contributed by atoms with Gasteiger partial charge in [-0.15, -0.1) is 0 Å². The average Bonchev–Trinajstić information content (AvgIpc) is 2.72. The molecule has 1 atom stereocenters. The van der Waals surface area contributed by atoms with Gasteiger partial charge in [0.15, 0.2) is 0 Å². The minimum Gasteiger partial charge on any atom is -0.371 e. The number of allylic oxidation sites excluding steroid dienone is 4. The summed E-state index contributed by atoms with van der Waals surface area (Å²) in [4.78, 5) is 14.7. The van der Waals surface area contributed by atoms with Crippen LogP contribution in [0.1, 0.15) is 33.1 Å². The number of carbonyl (C=O) groups is 1. The molecule has 7 nitrogen and oxygen atoms in total. The van der Waals surface area contributed by atoms with Gasteiger partial charge >= 0.3 is 0 Å². The summed E-state index contributed by atoms with van der Waals surface area (Å²) in [7, 11) is 1.84. The second-order valence-corrected chi connectivity index (χ2v) is 6.76. The van der Waals surface area contributed by atoms with E-state index in [2.05, 4.69) is 64.3 Å². The Morgan fingerprint density at radius 3 is 2.89 bits per heavy atom. The van der Waals surface area contributed by atoms with Crippen molar-refractivity contribution in [1.82, 2.24) is 31.7 Å². The molecule has 2 aliphatic rings. The topological polar surface area (TPSA) is 80.5 Å². The summed E-state index contributed by atoms with van der Waals surface area (Å²) in [6, 6.07) is 0. The predicted octanol–water partition coefficient (Wildman–Crippen LogP) is 1.59. The van der Waals surface area contributed by atoms with Gasteiger partial charge in [-0.3, -0.25) is 10.2 Å². The maximum absolute atomic E-state index is 12.4. The van der Waals surface area contributed by atoms with Crippen molar-refractivity contribution in [2.24, 2.45) is 0 Å². The fraction of sp³-hybridized carbons (Fsp3) is 0.476. The summed E-state index contributed by atoms with van der Waals surface area (Å²) < 4.78 is 0. The van der Waals surface area contributed by atoms with Crippen LogP contribution in [0.4, 0.5) is 0 Å². The van der Waals surface area contributed by atoms with Crippen molar-refractivity contribution in [3.63, 3.8) is 0 Å². The van der Waals surface area contributed by atoms with E-state index in [-0.39, 0.29) is 12.1 Å². The lowest BCUT2D eigenvalue weighted by Gasteiger charge is -2.34. The van der Waals surface area contributed by atoms with E-state index in [0.717, 1.165) is 48.5 Å². The van der Waals surface area contributed by atoms with Gasteiger partial charge in [0.2, 0.25) is 5.91 Å². The summed E-state index contributed by atoms with van der Waals surface area (Å²) in [6.07, 6.45) is 12.9. The predicted molar refractivity (Wildman–Crippen MR) is 115 cm³/mol. The maximum atomic E-state index is 12.4. The highest BCUT2D eigenvalue weighted by Gasteiger charge is 2.23. The quantitative estimate of drug-likeness (QED) is 0.274. The molecule has 2 heterocycles. The fourth-order valence-electron chi connectivity index (χ4n) is 3.16. The van der Waals surface area contributed by atoms with Crippen molar-refractivity contribution in [2.45, 2.75) is 39.3 Å². The summed E-state index contributed by atoms with van der Waals surface area (Å²) >= 11 is 0. The van der Waals surface area contributed by atoms with Crippen LogP contribution in [-0.4, -0.2) is 43.7 Å². The van der Waals surface area contributed by atoms with Gasteiger partial charge in [0.05, 0.1) is 0 Å². The van der Waals surface area contributed by atoms with Crippen molar-refractivity contribution in [3.8, 4) is 0 Å². The van der Waals surface area contributed by atoms with E-state index in [1.54, 1.807) is 6.08 Å². The van der Waals surface area contributed by atoms with Crippen molar-refractivity contribution in [2.75, 3.05) is 26.7 Å². The molecule has 0 radical (unpaired) electrons. The van der Waals surface area contributed by atoms with E-state index in [0.29, 0.717) is 13.1 Å². The number of hydrogen-bond donors (Lipinski definition) is 5. The first kappa shape index (κ1) is 21.8. The molecule has 0 saturated carbocycles. The second kappa shape index (κ2) is 11.4. The fourth-order valence-corrected chi connectivity index (χ4v) is 3.16. The van der Waals surface area contributed by atoms with Crippen LogP contribution < -0.4 is 26.8 Å². The summed E-state index contributed by atoms with van der Waals surface area (Å²) in [6.45, 7) is 10.3. The highest BCUT2D eigenvalue weighted by Crippen LogP contribution is 2.23. The van der Waals surface area contributed by atoms with Gasteiger partial charge < -0.3 is 20.9 Å². The number of rotatable bonds is 11. The summed E-state index contributed by atoms with van der Waals surface area (Å²) in [5, 5.41) is 9.67. The first-order valence-corrected chi connectivity index (χ1v) is 10.1. The van der Waals surface area contributed by atoms with Gasteiger partial charge in [0.1, 0.15) is 12.0 Å². The third-order valence-corrected chi connectivity index (χ3v) is 4.57. The van der Waals surface area contributed by atoms with Gasteiger partial charge in [-0.2, -0.15) is 0 Å². The van der Waals surface area contributed by atoms with E-state index >= 15 is 0 Å². The van der Waals surface area contributed by atoms with Crippen LogP contribution in [0.15, 0.2) is 59.7 Å². The van der Waals surface area contributed by atoms with Crippen LogP contribution in [0.2, 0.25) is 0 Å². The van der Waals surface area contributed by atoms with Crippen LogP contribution in [-0.2, 0) is 4.79 Å². The third kappa shape index (κ3) is 5.74. The Morgan fingerprint density at radius 2 is 2.21 bits per heavy atom. The second-order valence-electron chi connectivity index (χ2n) is 6.76. The Bertz CT molecular complexity index is 676. The molecular formula is C21H34N6O. The van der Waals surface area contributed by atoms with Crippen molar-refractivity contribution in [3.05, 3.63) is 59.7 Å². The molecule has 0 spiro atoms. The standard InChI is InChI=1S/C21H34N6O/c1-5-8-10-24-21(28)17-13-16(7-3)20(25-15-17)27(12-6-2)18-9-11-23-19(14-18)26-22-4/h7,9,11,13-14,19,22-23,25-26H,3,5-6,8,10,12,15H2,1-2,4H3,(H,24,28). The van der Waals surface area contributed by atoms with Gasteiger partial charge in [-0.05, 0) is 44.3 Å². The SMILES string of the molecule is C=CC1=C(N(CCC)C2=CC(NNC)NC=C2)NCC(C(=O)NCCCC)=C1. The minimum atomic E-state index is -0.0133. The lowest BCUT2D eigenvalue weighted by atomic mass is 10.1. The molecule has 1 amide bonds. The Hall–Kier alpha value is -2.51. The Kier molecular flexibility index (Phi) is 8.84.